The number of carbonyl (C=O) groups excluding carboxylic acids is 1. The smallest absolute Gasteiger partial charge is 0.262 e. The Morgan fingerprint density at radius 3 is 2.61 bits per heavy atom. The molecule has 178 valence electrons. The minimum Gasteiger partial charge on any atom is -0.489 e. The average molecular weight is 475 g/mol. The zero-order chi connectivity index (χ0) is 25.3. The van der Waals surface area contributed by atoms with Crippen molar-refractivity contribution >= 4 is 12.0 Å². The van der Waals surface area contributed by atoms with Crippen LogP contribution in [-0.4, -0.2) is 22.2 Å². The second-order valence-corrected chi connectivity index (χ2v) is 8.18. The molecule has 0 aliphatic rings. The largest absolute Gasteiger partial charge is 0.489 e. The van der Waals surface area contributed by atoms with E-state index in [-0.39, 0.29) is 12.1 Å². The Balaban J connectivity index is 1.69. The summed E-state index contributed by atoms with van der Waals surface area (Å²) in [7, 11) is 0. The highest BCUT2D eigenvalue weighted by Crippen LogP contribution is 2.29. The van der Waals surface area contributed by atoms with Gasteiger partial charge in [-0.25, -0.2) is 4.68 Å². The monoisotopic (exact) mass is 474 g/mol. The van der Waals surface area contributed by atoms with Crippen LogP contribution in [0.5, 0.6) is 5.75 Å². The zero-order valence-corrected chi connectivity index (χ0v) is 20.0. The molecule has 0 aliphatic heterocycles. The first kappa shape index (κ1) is 24.2. The van der Waals surface area contributed by atoms with Gasteiger partial charge in [-0.2, -0.15) is 10.4 Å². The molecule has 1 aromatic heterocycles. The van der Waals surface area contributed by atoms with Crippen molar-refractivity contribution in [1.29, 1.82) is 5.26 Å². The molecule has 0 bridgehead atoms. The first-order valence-corrected chi connectivity index (χ1v) is 11.5. The lowest BCUT2D eigenvalue weighted by molar-refractivity contribution is -0.116. The van der Waals surface area contributed by atoms with Crippen LogP contribution in [0, 0.1) is 18.3 Å². The van der Waals surface area contributed by atoms with Gasteiger partial charge in [-0.1, -0.05) is 66.2 Å². The molecule has 6 heteroatoms. The van der Waals surface area contributed by atoms with E-state index in [0.29, 0.717) is 23.6 Å². The topological polar surface area (TPSA) is 79.9 Å². The fourth-order valence-corrected chi connectivity index (χ4v) is 3.58. The van der Waals surface area contributed by atoms with Crippen molar-refractivity contribution in [2.75, 3.05) is 6.54 Å². The molecule has 0 fully saturated rings. The second kappa shape index (κ2) is 11.5. The average Bonchev–Trinajstić information content (AvgIpc) is 3.34. The van der Waals surface area contributed by atoms with Crippen molar-refractivity contribution in [3.05, 3.63) is 120 Å². The predicted molar refractivity (Wildman–Crippen MR) is 141 cm³/mol. The van der Waals surface area contributed by atoms with Gasteiger partial charge in [-0.15, -0.1) is 6.58 Å². The lowest BCUT2D eigenvalue weighted by Crippen LogP contribution is -2.24. The third kappa shape index (κ3) is 5.96. The van der Waals surface area contributed by atoms with Crippen LogP contribution in [0.15, 0.2) is 103 Å². The third-order valence-electron chi connectivity index (χ3n) is 5.47. The van der Waals surface area contributed by atoms with Crippen LogP contribution in [-0.2, 0) is 11.4 Å². The van der Waals surface area contributed by atoms with Gasteiger partial charge >= 0.3 is 0 Å². The molecule has 36 heavy (non-hydrogen) atoms. The van der Waals surface area contributed by atoms with E-state index >= 15 is 0 Å². The number of nitrogens with zero attached hydrogens (tertiary/aromatic N) is 3. The van der Waals surface area contributed by atoms with Crippen molar-refractivity contribution in [3.63, 3.8) is 0 Å². The molecule has 1 amide bonds. The lowest BCUT2D eigenvalue weighted by atomic mass is 10.1. The molecular formula is C30H26N4O2. The molecule has 0 spiro atoms. The van der Waals surface area contributed by atoms with Crippen molar-refractivity contribution in [1.82, 2.24) is 15.1 Å². The van der Waals surface area contributed by atoms with Gasteiger partial charge in [0.25, 0.3) is 5.91 Å². The van der Waals surface area contributed by atoms with Crippen molar-refractivity contribution in [2.45, 2.75) is 13.5 Å². The summed E-state index contributed by atoms with van der Waals surface area (Å²) in [6, 6.07) is 27.5. The van der Waals surface area contributed by atoms with E-state index in [1.54, 1.807) is 16.8 Å². The summed E-state index contributed by atoms with van der Waals surface area (Å²) < 4.78 is 7.77. The number of ether oxygens (including phenoxy) is 1. The van der Waals surface area contributed by atoms with Crippen LogP contribution >= 0.6 is 0 Å². The Hall–Kier alpha value is -4.89. The SMILES string of the molecule is C=CCNC(=O)C(C#N)=Cc1cn(-c2ccccc2)nc1-c1cccc(OCc2ccc(C)cc2)c1. The molecule has 0 saturated heterocycles. The molecule has 0 atom stereocenters. The van der Waals surface area contributed by atoms with Gasteiger partial charge in [0.2, 0.25) is 0 Å². The summed E-state index contributed by atoms with van der Waals surface area (Å²) in [5.74, 6) is 0.229. The number of hydrogen-bond donors (Lipinski definition) is 1. The highest BCUT2D eigenvalue weighted by molar-refractivity contribution is 6.02. The van der Waals surface area contributed by atoms with Gasteiger partial charge in [0, 0.05) is 23.9 Å². The van der Waals surface area contributed by atoms with E-state index in [1.807, 2.05) is 79.0 Å². The zero-order valence-electron chi connectivity index (χ0n) is 20.0. The summed E-state index contributed by atoms with van der Waals surface area (Å²) in [6.45, 7) is 6.36. The Morgan fingerprint density at radius 2 is 1.89 bits per heavy atom. The summed E-state index contributed by atoms with van der Waals surface area (Å²) >= 11 is 0. The van der Waals surface area contributed by atoms with Crippen molar-refractivity contribution in [3.8, 4) is 28.8 Å². The Kier molecular flexibility index (Phi) is 7.74. The first-order valence-electron chi connectivity index (χ1n) is 11.5. The van der Waals surface area contributed by atoms with Gasteiger partial charge in [-0.3, -0.25) is 4.79 Å². The fraction of sp³-hybridized carbons (Fsp3) is 0.100. The number of nitriles is 1. The molecule has 1 N–H and O–H groups in total. The van der Waals surface area contributed by atoms with Crippen LogP contribution in [0.3, 0.4) is 0 Å². The molecule has 4 aromatic rings. The van der Waals surface area contributed by atoms with Crippen molar-refractivity contribution in [2.24, 2.45) is 0 Å². The number of para-hydroxylation sites is 1. The number of amides is 1. The molecule has 0 aliphatic carbocycles. The van der Waals surface area contributed by atoms with E-state index in [9.17, 15) is 10.1 Å². The van der Waals surface area contributed by atoms with E-state index in [2.05, 4.69) is 31.0 Å². The fourth-order valence-electron chi connectivity index (χ4n) is 3.58. The van der Waals surface area contributed by atoms with E-state index < -0.39 is 5.91 Å². The highest BCUT2D eigenvalue weighted by Gasteiger charge is 2.15. The Morgan fingerprint density at radius 1 is 1.11 bits per heavy atom. The number of carbonyl (C=O) groups is 1. The number of aryl methyl sites for hydroxylation is 1. The Bertz CT molecular complexity index is 1430. The molecule has 0 unspecified atom stereocenters. The van der Waals surface area contributed by atoms with Crippen LogP contribution in [0.1, 0.15) is 16.7 Å². The van der Waals surface area contributed by atoms with Crippen LogP contribution in [0.2, 0.25) is 0 Å². The summed E-state index contributed by atoms with van der Waals surface area (Å²) in [5.41, 5.74) is 5.19. The molecule has 1 heterocycles. The number of nitrogens with one attached hydrogen (secondary N) is 1. The first-order chi connectivity index (χ1) is 17.6. The van der Waals surface area contributed by atoms with E-state index in [4.69, 9.17) is 9.84 Å². The maximum absolute atomic E-state index is 12.5. The van der Waals surface area contributed by atoms with Gasteiger partial charge in [0.1, 0.15) is 29.7 Å². The normalized spacial score (nSPS) is 10.9. The summed E-state index contributed by atoms with van der Waals surface area (Å²) in [6.07, 6.45) is 4.93. The van der Waals surface area contributed by atoms with Crippen molar-refractivity contribution < 1.29 is 9.53 Å². The minimum atomic E-state index is -0.467. The van der Waals surface area contributed by atoms with Gasteiger partial charge < -0.3 is 10.1 Å². The number of benzene rings is 3. The number of aromatic nitrogens is 2. The van der Waals surface area contributed by atoms with Gasteiger partial charge in [-0.05, 0) is 42.8 Å². The summed E-state index contributed by atoms with van der Waals surface area (Å²) in [5, 5.41) is 17.1. The quantitative estimate of drug-likeness (QED) is 0.194. The van der Waals surface area contributed by atoms with Crippen LogP contribution < -0.4 is 10.1 Å². The maximum atomic E-state index is 12.5. The molecule has 0 radical (unpaired) electrons. The molecule has 6 nitrogen and oxygen atoms in total. The molecule has 0 saturated carbocycles. The third-order valence-corrected chi connectivity index (χ3v) is 5.47. The van der Waals surface area contributed by atoms with Crippen LogP contribution in [0.4, 0.5) is 0 Å². The van der Waals surface area contributed by atoms with E-state index in [0.717, 1.165) is 16.8 Å². The second-order valence-electron chi connectivity index (χ2n) is 8.18. The van der Waals surface area contributed by atoms with Gasteiger partial charge in [0.15, 0.2) is 0 Å². The minimum absolute atomic E-state index is 0.0162. The number of hydrogen-bond acceptors (Lipinski definition) is 4. The predicted octanol–water partition coefficient (Wildman–Crippen LogP) is 5.64. The summed E-state index contributed by atoms with van der Waals surface area (Å²) in [4.78, 5) is 12.5. The van der Waals surface area contributed by atoms with Crippen LogP contribution in [0.25, 0.3) is 23.0 Å². The highest BCUT2D eigenvalue weighted by atomic mass is 16.5. The standard InChI is InChI=1S/C30H26N4O2/c1-3-16-32-30(35)25(19-31)17-26-20-34(27-9-5-4-6-10-27)33-29(26)24-8-7-11-28(18-24)36-21-23-14-12-22(2)13-15-23/h3-15,17-18,20H,1,16,21H2,2H3,(H,32,35). The molecular weight excluding hydrogens is 448 g/mol. The van der Waals surface area contributed by atoms with E-state index in [1.165, 1.54) is 5.56 Å². The number of rotatable bonds is 9. The molecule has 4 rings (SSSR count). The maximum Gasteiger partial charge on any atom is 0.262 e. The Labute approximate surface area is 210 Å². The molecule has 3 aromatic carbocycles. The van der Waals surface area contributed by atoms with Gasteiger partial charge in [0.05, 0.1) is 5.69 Å². The lowest BCUT2D eigenvalue weighted by Gasteiger charge is -2.08.